The van der Waals surface area contributed by atoms with Crippen molar-refractivity contribution in [2.45, 2.75) is 94.9 Å². The molecule has 0 aromatic heterocycles. The van der Waals surface area contributed by atoms with Crippen LogP contribution in [0.15, 0.2) is 0 Å². The number of carbonyl (C=O) groups is 2. The van der Waals surface area contributed by atoms with Crippen LogP contribution in [0.3, 0.4) is 0 Å². The van der Waals surface area contributed by atoms with Gasteiger partial charge in [-0.05, 0) is 82.6 Å². The molecule has 4 rings (SSSR count). The number of likely N-dealkylation sites (tertiary alicyclic amines) is 2. The van der Waals surface area contributed by atoms with E-state index >= 15 is 0 Å². The predicted molar refractivity (Wildman–Crippen MR) is 125 cm³/mol. The molecule has 4 fully saturated rings. The fourth-order valence-electron chi connectivity index (χ4n) is 6.31. The van der Waals surface area contributed by atoms with Gasteiger partial charge in [-0.25, -0.2) is 0 Å². The van der Waals surface area contributed by atoms with Crippen LogP contribution >= 0.6 is 11.6 Å². The first kappa shape index (κ1) is 23.4. The molecule has 0 bridgehead atoms. The van der Waals surface area contributed by atoms with Crippen LogP contribution in [0.5, 0.6) is 0 Å². The van der Waals surface area contributed by atoms with Crippen LogP contribution in [-0.4, -0.2) is 65.8 Å². The maximum absolute atomic E-state index is 13.3. The summed E-state index contributed by atoms with van der Waals surface area (Å²) in [5.74, 6) is 1.98. The minimum atomic E-state index is 0.0606. The van der Waals surface area contributed by atoms with Gasteiger partial charge in [0.1, 0.15) is 0 Å². The van der Waals surface area contributed by atoms with Crippen LogP contribution in [0.25, 0.3) is 0 Å². The van der Waals surface area contributed by atoms with E-state index < -0.39 is 0 Å². The number of hydrogen-bond donors (Lipinski definition) is 1. The molecule has 0 aromatic rings. The van der Waals surface area contributed by atoms with Crippen molar-refractivity contribution in [1.82, 2.24) is 15.1 Å². The van der Waals surface area contributed by atoms with Gasteiger partial charge < -0.3 is 10.2 Å². The van der Waals surface area contributed by atoms with Crippen molar-refractivity contribution >= 4 is 23.4 Å². The number of rotatable bonds is 6. The van der Waals surface area contributed by atoms with E-state index in [9.17, 15) is 9.59 Å². The first-order valence-electron chi connectivity index (χ1n) is 13.0. The molecule has 0 spiro atoms. The van der Waals surface area contributed by atoms with Gasteiger partial charge in [-0.1, -0.05) is 19.3 Å². The topological polar surface area (TPSA) is 52.7 Å². The Morgan fingerprint density at radius 1 is 0.774 bits per heavy atom. The summed E-state index contributed by atoms with van der Waals surface area (Å²) in [6.45, 7) is 4.43. The summed E-state index contributed by atoms with van der Waals surface area (Å²) in [5, 5.41) is 3.57. The normalized spacial score (nSPS) is 31.6. The molecule has 6 heteroatoms. The lowest BCUT2D eigenvalue weighted by molar-refractivity contribution is -0.139. The number of nitrogens with zero attached hydrogens (tertiary/aromatic N) is 2. The molecule has 2 saturated heterocycles. The van der Waals surface area contributed by atoms with Crippen molar-refractivity contribution in [3.05, 3.63) is 0 Å². The van der Waals surface area contributed by atoms with E-state index in [4.69, 9.17) is 11.6 Å². The Labute approximate surface area is 193 Å². The predicted octanol–water partition coefficient (Wildman–Crippen LogP) is 4.18. The number of carbonyl (C=O) groups excluding carboxylic acids is 2. The highest BCUT2D eigenvalue weighted by molar-refractivity contribution is 6.20. The third-order valence-electron chi connectivity index (χ3n) is 8.38. The zero-order valence-corrected chi connectivity index (χ0v) is 20.0. The Morgan fingerprint density at radius 2 is 1.48 bits per heavy atom. The van der Waals surface area contributed by atoms with Crippen molar-refractivity contribution in [2.75, 3.05) is 32.7 Å². The second kappa shape index (κ2) is 11.4. The Kier molecular flexibility index (Phi) is 8.56. The number of nitrogens with one attached hydrogen (secondary N) is 1. The SMILES string of the molecule is O=C(NCC1CCCCC1)C1CCN(C(=O)C2CCCN2CC2CCC(Cl)CC2)CC1. The zero-order chi connectivity index (χ0) is 21.6. The van der Waals surface area contributed by atoms with Gasteiger partial charge in [-0.2, -0.15) is 0 Å². The third kappa shape index (κ3) is 6.37. The molecule has 1 unspecified atom stereocenters. The first-order valence-corrected chi connectivity index (χ1v) is 13.5. The van der Waals surface area contributed by atoms with Crippen molar-refractivity contribution in [3.63, 3.8) is 0 Å². The van der Waals surface area contributed by atoms with Gasteiger partial charge in [0.25, 0.3) is 0 Å². The van der Waals surface area contributed by atoms with E-state index in [1.807, 2.05) is 4.90 Å². The van der Waals surface area contributed by atoms with Crippen molar-refractivity contribution < 1.29 is 9.59 Å². The Balaban J connectivity index is 1.19. The summed E-state index contributed by atoms with van der Waals surface area (Å²) < 4.78 is 0. The van der Waals surface area contributed by atoms with Crippen molar-refractivity contribution in [1.29, 1.82) is 0 Å². The first-order chi connectivity index (χ1) is 15.1. The van der Waals surface area contributed by atoms with Crippen molar-refractivity contribution in [2.24, 2.45) is 17.8 Å². The Bertz CT molecular complexity index is 594. The summed E-state index contributed by atoms with van der Waals surface area (Å²) in [6, 6.07) is 0.0606. The van der Waals surface area contributed by atoms with Crippen LogP contribution in [0, 0.1) is 17.8 Å². The maximum Gasteiger partial charge on any atom is 0.239 e. The molecule has 4 aliphatic rings. The Morgan fingerprint density at radius 3 is 2.19 bits per heavy atom. The van der Waals surface area contributed by atoms with E-state index in [0.29, 0.717) is 23.1 Å². The molecule has 0 aromatic carbocycles. The zero-order valence-electron chi connectivity index (χ0n) is 19.2. The van der Waals surface area contributed by atoms with Crippen LogP contribution < -0.4 is 5.32 Å². The minimum Gasteiger partial charge on any atom is -0.356 e. The molecular weight excluding hydrogens is 410 g/mol. The molecular formula is C25H42ClN3O2. The Hall–Kier alpha value is -0.810. The second-order valence-corrected chi connectivity index (χ2v) is 11.2. The molecule has 0 radical (unpaired) electrons. The number of alkyl halides is 1. The van der Waals surface area contributed by atoms with Crippen LogP contribution in [0.2, 0.25) is 0 Å². The molecule has 2 amide bonds. The number of hydrogen-bond acceptors (Lipinski definition) is 3. The molecule has 5 nitrogen and oxygen atoms in total. The van der Waals surface area contributed by atoms with E-state index in [2.05, 4.69) is 10.2 Å². The highest BCUT2D eigenvalue weighted by Gasteiger charge is 2.37. The van der Waals surface area contributed by atoms with Gasteiger partial charge >= 0.3 is 0 Å². The molecule has 176 valence electrons. The molecule has 2 saturated carbocycles. The number of piperidine rings is 1. The van der Waals surface area contributed by atoms with Gasteiger partial charge in [0.2, 0.25) is 11.8 Å². The smallest absolute Gasteiger partial charge is 0.239 e. The maximum atomic E-state index is 13.3. The summed E-state index contributed by atoms with van der Waals surface area (Å²) >= 11 is 6.27. The summed E-state index contributed by atoms with van der Waals surface area (Å²) in [6.07, 6.45) is 14.9. The lowest BCUT2D eigenvalue weighted by Gasteiger charge is -2.36. The monoisotopic (exact) mass is 451 g/mol. The van der Waals surface area contributed by atoms with E-state index in [-0.39, 0.29) is 17.9 Å². The summed E-state index contributed by atoms with van der Waals surface area (Å²) in [4.78, 5) is 30.4. The molecule has 2 heterocycles. The van der Waals surface area contributed by atoms with Gasteiger partial charge in [0.05, 0.1) is 6.04 Å². The molecule has 1 atom stereocenters. The molecule has 31 heavy (non-hydrogen) atoms. The van der Waals surface area contributed by atoms with Crippen molar-refractivity contribution in [3.8, 4) is 0 Å². The van der Waals surface area contributed by atoms with Gasteiger partial charge in [-0.3, -0.25) is 14.5 Å². The molecule has 2 aliphatic carbocycles. The van der Waals surface area contributed by atoms with E-state index in [1.165, 1.54) is 44.9 Å². The van der Waals surface area contributed by atoms with Crippen LogP contribution in [-0.2, 0) is 9.59 Å². The number of amides is 2. The highest BCUT2D eigenvalue weighted by atomic mass is 35.5. The van der Waals surface area contributed by atoms with Crippen LogP contribution in [0.4, 0.5) is 0 Å². The average molecular weight is 452 g/mol. The van der Waals surface area contributed by atoms with Crippen LogP contribution in [0.1, 0.15) is 83.5 Å². The quantitative estimate of drug-likeness (QED) is 0.616. The lowest BCUT2D eigenvalue weighted by atomic mass is 9.88. The summed E-state index contributed by atoms with van der Waals surface area (Å²) in [7, 11) is 0. The van der Waals surface area contributed by atoms with E-state index in [0.717, 1.165) is 71.2 Å². The summed E-state index contributed by atoms with van der Waals surface area (Å²) in [5.41, 5.74) is 0. The lowest BCUT2D eigenvalue weighted by Crippen LogP contribution is -2.50. The molecule has 2 aliphatic heterocycles. The van der Waals surface area contributed by atoms with Gasteiger partial charge in [0, 0.05) is 37.5 Å². The standard InChI is InChI=1S/C25H42ClN3O2/c26-22-10-8-20(9-11-22)18-29-14-4-7-23(29)25(31)28-15-12-21(13-16-28)24(30)27-17-19-5-2-1-3-6-19/h19-23H,1-18H2,(H,27,30). The largest absolute Gasteiger partial charge is 0.356 e. The average Bonchev–Trinajstić information content (AvgIpc) is 3.27. The highest BCUT2D eigenvalue weighted by Crippen LogP contribution is 2.31. The van der Waals surface area contributed by atoms with Gasteiger partial charge in [0.15, 0.2) is 0 Å². The van der Waals surface area contributed by atoms with E-state index in [1.54, 1.807) is 0 Å². The second-order valence-electron chi connectivity index (χ2n) is 10.6. The number of halogens is 1. The van der Waals surface area contributed by atoms with Gasteiger partial charge in [-0.15, -0.1) is 11.6 Å². The minimum absolute atomic E-state index is 0.0606. The molecule has 1 N–H and O–H groups in total. The fourth-order valence-corrected chi connectivity index (χ4v) is 6.57. The fraction of sp³-hybridized carbons (Fsp3) is 0.920. The third-order valence-corrected chi connectivity index (χ3v) is 8.82.